The lowest BCUT2D eigenvalue weighted by molar-refractivity contribution is -0.0517. The molecule has 0 aliphatic heterocycles. The molecule has 0 fully saturated rings. The molecule has 2 rings (SSSR count). The minimum absolute atomic E-state index is 0.0408. The molecule has 1 aromatic carbocycles. The molecule has 0 saturated heterocycles. The molecule has 0 bridgehead atoms. The molecule has 0 aliphatic carbocycles. The highest BCUT2D eigenvalue weighted by molar-refractivity contribution is 7.89. The molecule has 0 N–H and O–H groups in total. The van der Waals surface area contributed by atoms with Crippen LogP contribution in [0.3, 0.4) is 0 Å². The van der Waals surface area contributed by atoms with Crippen LogP contribution in [0.1, 0.15) is 12.0 Å². The third-order valence-corrected chi connectivity index (χ3v) is 5.12. The standard InChI is InChI=1S/C16H15F2N3O3S/c17-16(18)24-14-6-1-2-7-15(14)25(22,23)21(10-4-8-19)12-13-5-3-9-20-11-13/h1-3,5-7,9,11,16H,4,10,12H2. The van der Waals surface area contributed by atoms with Crippen LogP contribution in [-0.4, -0.2) is 30.9 Å². The molecule has 6 nitrogen and oxygen atoms in total. The van der Waals surface area contributed by atoms with Crippen molar-refractivity contribution in [2.75, 3.05) is 6.54 Å². The zero-order valence-corrected chi connectivity index (χ0v) is 13.9. The predicted octanol–water partition coefficient (Wildman–Crippen LogP) is 2.79. The fourth-order valence-electron chi connectivity index (χ4n) is 2.15. The topological polar surface area (TPSA) is 83.3 Å². The van der Waals surface area contributed by atoms with Gasteiger partial charge in [0.05, 0.1) is 6.07 Å². The summed E-state index contributed by atoms with van der Waals surface area (Å²) in [4.78, 5) is 3.54. The van der Waals surface area contributed by atoms with Crippen molar-refractivity contribution in [3.05, 3.63) is 54.4 Å². The first-order valence-electron chi connectivity index (χ1n) is 7.25. The summed E-state index contributed by atoms with van der Waals surface area (Å²) in [6.45, 7) is -3.28. The van der Waals surface area contributed by atoms with Gasteiger partial charge in [-0.15, -0.1) is 0 Å². The summed E-state index contributed by atoms with van der Waals surface area (Å²) in [5, 5.41) is 8.78. The molecule has 0 atom stereocenters. The number of para-hydroxylation sites is 1. The van der Waals surface area contributed by atoms with Gasteiger partial charge < -0.3 is 4.74 Å². The largest absolute Gasteiger partial charge is 0.433 e. The highest BCUT2D eigenvalue weighted by atomic mass is 32.2. The molecule has 1 heterocycles. The maximum absolute atomic E-state index is 12.9. The molecule has 0 saturated carbocycles. The normalized spacial score (nSPS) is 11.5. The van der Waals surface area contributed by atoms with E-state index in [-0.39, 0.29) is 24.4 Å². The van der Waals surface area contributed by atoms with Crippen LogP contribution in [0.15, 0.2) is 53.7 Å². The van der Waals surface area contributed by atoms with Gasteiger partial charge in [-0.05, 0) is 23.8 Å². The van der Waals surface area contributed by atoms with Crippen LogP contribution in [0.2, 0.25) is 0 Å². The minimum atomic E-state index is -4.15. The lowest BCUT2D eigenvalue weighted by Gasteiger charge is -2.22. The summed E-state index contributed by atoms with van der Waals surface area (Å²) < 4.78 is 56.3. The van der Waals surface area contributed by atoms with Crippen LogP contribution < -0.4 is 4.74 Å². The molecule has 0 spiro atoms. The monoisotopic (exact) mass is 367 g/mol. The molecular formula is C16H15F2N3O3S. The van der Waals surface area contributed by atoms with Crippen LogP contribution in [0.4, 0.5) is 8.78 Å². The number of rotatable bonds is 8. The number of sulfonamides is 1. The number of benzene rings is 1. The zero-order chi connectivity index (χ0) is 18.3. The highest BCUT2D eigenvalue weighted by Gasteiger charge is 2.28. The maximum atomic E-state index is 12.9. The van der Waals surface area contributed by atoms with Crippen LogP contribution in [0.25, 0.3) is 0 Å². The molecule has 9 heteroatoms. The summed E-state index contributed by atoms with van der Waals surface area (Å²) in [6, 6.07) is 10.4. The van der Waals surface area contributed by atoms with E-state index in [4.69, 9.17) is 5.26 Å². The Morgan fingerprint density at radius 3 is 2.64 bits per heavy atom. The van der Waals surface area contributed by atoms with E-state index in [1.165, 1.54) is 24.4 Å². The van der Waals surface area contributed by atoms with Gasteiger partial charge in [-0.2, -0.15) is 18.3 Å². The Morgan fingerprint density at radius 1 is 1.24 bits per heavy atom. The average Bonchev–Trinajstić information content (AvgIpc) is 2.59. The zero-order valence-electron chi connectivity index (χ0n) is 13.0. The van der Waals surface area contributed by atoms with Crippen LogP contribution >= 0.6 is 0 Å². The lowest BCUT2D eigenvalue weighted by Crippen LogP contribution is -2.32. The van der Waals surface area contributed by atoms with E-state index >= 15 is 0 Å². The second kappa shape index (κ2) is 8.50. The van der Waals surface area contributed by atoms with E-state index in [2.05, 4.69) is 9.72 Å². The van der Waals surface area contributed by atoms with Crippen molar-refractivity contribution in [3.63, 3.8) is 0 Å². The van der Waals surface area contributed by atoms with Crippen molar-refractivity contribution in [3.8, 4) is 11.8 Å². The first-order chi connectivity index (χ1) is 11.9. The number of halogens is 2. The molecule has 1 aromatic heterocycles. The Labute approximate surface area is 144 Å². The number of hydrogen-bond acceptors (Lipinski definition) is 5. The molecule has 0 amide bonds. The van der Waals surface area contributed by atoms with Gasteiger partial charge in [-0.25, -0.2) is 8.42 Å². The van der Waals surface area contributed by atoms with Crippen LogP contribution in [0, 0.1) is 11.3 Å². The number of pyridine rings is 1. The number of nitrogens with zero attached hydrogens (tertiary/aromatic N) is 3. The molecule has 0 unspecified atom stereocenters. The minimum Gasteiger partial charge on any atom is -0.433 e. The Balaban J connectivity index is 2.40. The Morgan fingerprint density at radius 2 is 2.00 bits per heavy atom. The number of alkyl halides is 2. The maximum Gasteiger partial charge on any atom is 0.387 e. The third-order valence-electron chi connectivity index (χ3n) is 3.24. The smallest absolute Gasteiger partial charge is 0.387 e. The summed E-state index contributed by atoms with van der Waals surface area (Å²) in [5.41, 5.74) is 0.608. The van der Waals surface area contributed by atoms with Gasteiger partial charge in [-0.3, -0.25) is 4.98 Å². The van der Waals surface area contributed by atoms with Crippen molar-refractivity contribution in [1.29, 1.82) is 5.26 Å². The van der Waals surface area contributed by atoms with Gasteiger partial charge >= 0.3 is 6.61 Å². The number of ether oxygens (including phenoxy) is 1. The van der Waals surface area contributed by atoms with Crippen molar-refractivity contribution < 1.29 is 21.9 Å². The molecule has 0 aliphatic rings. The van der Waals surface area contributed by atoms with Gasteiger partial charge in [-0.1, -0.05) is 18.2 Å². The van der Waals surface area contributed by atoms with Crippen molar-refractivity contribution >= 4 is 10.0 Å². The van der Waals surface area contributed by atoms with Crippen molar-refractivity contribution in [2.24, 2.45) is 0 Å². The van der Waals surface area contributed by atoms with E-state index in [0.29, 0.717) is 5.56 Å². The SMILES string of the molecule is N#CCCN(Cc1cccnc1)S(=O)(=O)c1ccccc1OC(F)F. The number of aromatic nitrogens is 1. The second-order valence-electron chi connectivity index (χ2n) is 4.93. The van der Waals surface area contributed by atoms with E-state index in [0.717, 1.165) is 10.4 Å². The summed E-state index contributed by atoms with van der Waals surface area (Å²) in [5.74, 6) is -0.439. The first kappa shape index (κ1) is 18.8. The van der Waals surface area contributed by atoms with Gasteiger partial charge in [0.25, 0.3) is 0 Å². The second-order valence-corrected chi connectivity index (χ2v) is 6.84. The number of hydrogen-bond donors (Lipinski definition) is 0. The van der Waals surface area contributed by atoms with Gasteiger partial charge in [0.15, 0.2) is 0 Å². The van der Waals surface area contributed by atoms with E-state index in [1.54, 1.807) is 18.3 Å². The Hall–Kier alpha value is -2.57. The average molecular weight is 367 g/mol. The molecule has 0 radical (unpaired) electrons. The van der Waals surface area contributed by atoms with Crippen LogP contribution in [-0.2, 0) is 16.6 Å². The molecular weight excluding hydrogens is 352 g/mol. The summed E-state index contributed by atoms with van der Waals surface area (Å²) in [6.07, 6.45) is 3.00. The summed E-state index contributed by atoms with van der Waals surface area (Å²) >= 11 is 0. The van der Waals surface area contributed by atoms with Crippen LogP contribution in [0.5, 0.6) is 5.75 Å². The predicted molar refractivity (Wildman–Crippen MR) is 85.1 cm³/mol. The van der Waals surface area contributed by atoms with E-state index in [9.17, 15) is 17.2 Å². The fraction of sp³-hybridized carbons (Fsp3) is 0.250. The first-order valence-corrected chi connectivity index (χ1v) is 8.69. The highest BCUT2D eigenvalue weighted by Crippen LogP contribution is 2.28. The van der Waals surface area contributed by atoms with E-state index < -0.39 is 22.4 Å². The quantitative estimate of drug-likeness (QED) is 0.716. The lowest BCUT2D eigenvalue weighted by atomic mass is 10.3. The Bertz CT molecular complexity index is 839. The van der Waals surface area contributed by atoms with Crippen molar-refractivity contribution in [1.82, 2.24) is 9.29 Å². The van der Waals surface area contributed by atoms with Gasteiger partial charge in [0, 0.05) is 31.9 Å². The molecule has 2 aromatic rings. The Kier molecular flexibility index (Phi) is 6.38. The van der Waals surface area contributed by atoms with Crippen molar-refractivity contribution in [2.45, 2.75) is 24.5 Å². The van der Waals surface area contributed by atoms with Gasteiger partial charge in [0.2, 0.25) is 10.0 Å². The summed E-state index contributed by atoms with van der Waals surface area (Å²) in [7, 11) is -4.15. The fourth-order valence-corrected chi connectivity index (χ4v) is 3.70. The molecule has 132 valence electrons. The number of nitriles is 1. The van der Waals surface area contributed by atoms with E-state index in [1.807, 2.05) is 6.07 Å². The molecule has 25 heavy (non-hydrogen) atoms. The van der Waals surface area contributed by atoms with Gasteiger partial charge in [0.1, 0.15) is 10.6 Å². The third kappa shape index (κ3) is 4.95.